The van der Waals surface area contributed by atoms with Gasteiger partial charge in [0.05, 0.1) is 12.1 Å². The van der Waals surface area contributed by atoms with Gasteiger partial charge >= 0.3 is 0 Å². The lowest BCUT2D eigenvalue weighted by atomic mass is 10.1. The van der Waals surface area contributed by atoms with Crippen molar-refractivity contribution in [1.29, 1.82) is 0 Å². The maximum Gasteiger partial charge on any atom is 0.228 e. The molecule has 1 amide bonds. The van der Waals surface area contributed by atoms with E-state index in [1.165, 1.54) is 5.56 Å². The molecule has 4 nitrogen and oxygen atoms in total. The Bertz CT molecular complexity index is 643. The minimum absolute atomic E-state index is 0.0563. The Hall–Kier alpha value is -2.62. The number of amides is 1. The van der Waals surface area contributed by atoms with Crippen LogP contribution < -0.4 is 5.32 Å². The first-order valence-electron chi connectivity index (χ1n) is 6.73. The third kappa shape index (κ3) is 4.18. The van der Waals surface area contributed by atoms with Crippen molar-refractivity contribution < 1.29 is 10.0 Å². The Kier molecular flexibility index (Phi) is 4.72. The molecule has 0 unspecified atom stereocenters. The highest BCUT2D eigenvalue weighted by Crippen LogP contribution is 2.11. The highest BCUT2D eigenvalue weighted by molar-refractivity contribution is 5.99. The molecule has 2 aromatic carbocycles. The van der Waals surface area contributed by atoms with E-state index in [0.717, 1.165) is 16.8 Å². The van der Waals surface area contributed by atoms with Crippen LogP contribution in [0.25, 0.3) is 0 Å². The van der Waals surface area contributed by atoms with Gasteiger partial charge in [-0.2, -0.15) is 0 Å². The molecule has 0 saturated heterocycles. The number of oxime groups is 1. The van der Waals surface area contributed by atoms with Gasteiger partial charge < -0.3 is 10.5 Å². The van der Waals surface area contributed by atoms with E-state index in [-0.39, 0.29) is 5.91 Å². The zero-order valence-electron chi connectivity index (χ0n) is 12.1. The summed E-state index contributed by atoms with van der Waals surface area (Å²) in [6, 6.07) is 15.1. The monoisotopic (exact) mass is 282 g/mol. The Labute approximate surface area is 124 Å². The number of nitrogens with one attached hydrogen (secondary N) is 1. The molecule has 4 heteroatoms. The van der Waals surface area contributed by atoms with Crippen molar-refractivity contribution in [3.05, 3.63) is 65.2 Å². The zero-order valence-corrected chi connectivity index (χ0v) is 12.1. The molecule has 0 radical (unpaired) electrons. The second kappa shape index (κ2) is 6.70. The number of carbonyl (C=O) groups is 1. The molecule has 2 N–H and O–H groups in total. The fourth-order valence-electron chi connectivity index (χ4n) is 1.95. The van der Waals surface area contributed by atoms with Gasteiger partial charge in [-0.3, -0.25) is 4.79 Å². The molecule has 0 bridgehead atoms. The largest absolute Gasteiger partial charge is 0.411 e. The van der Waals surface area contributed by atoms with Gasteiger partial charge in [-0.15, -0.1) is 0 Å². The number of benzene rings is 2. The Balaban J connectivity index is 1.98. The first kappa shape index (κ1) is 14.8. The third-order valence-corrected chi connectivity index (χ3v) is 3.22. The van der Waals surface area contributed by atoms with Gasteiger partial charge in [0.25, 0.3) is 0 Å². The van der Waals surface area contributed by atoms with E-state index in [0.29, 0.717) is 12.1 Å². The number of anilines is 1. The van der Waals surface area contributed by atoms with Gasteiger partial charge in [0.1, 0.15) is 0 Å². The first-order chi connectivity index (χ1) is 10.1. The van der Waals surface area contributed by atoms with Crippen LogP contribution in [0.15, 0.2) is 53.7 Å². The second-order valence-corrected chi connectivity index (χ2v) is 4.97. The van der Waals surface area contributed by atoms with Gasteiger partial charge in [0, 0.05) is 5.69 Å². The predicted molar refractivity (Wildman–Crippen MR) is 84.0 cm³/mol. The number of aryl methyl sites for hydroxylation is 1. The van der Waals surface area contributed by atoms with Gasteiger partial charge in [-0.25, -0.2) is 0 Å². The van der Waals surface area contributed by atoms with Crippen LogP contribution in [-0.4, -0.2) is 16.8 Å². The number of rotatable bonds is 4. The van der Waals surface area contributed by atoms with Crippen LogP contribution in [0.4, 0.5) is 5.69 Å². The molecule has 0 atom stereocenters. The lowest BCUT2D eigenvalue weighted by Gasteiger charge is -2.06. The van der Waals surface area contributed by atoms with Crippen LogP contribution >= 0.6 is 0 Å². The van der Waals surface area contributed by atoms with E-state index in [1.54, 1.807) is 31.2 Å². The molecular weight excluding hydrogens is 264 g/mol. The molecule has 0 spiro atoms. The molecule has 108 valence electrons. The van der Waals surface area contributed by atoms with Crippen molar-refractivity contribution >= 4 is 17.3 Å². The van der Waals surface area contributed by atoms with Crippen LogP contribution in [0.2, 0.25) is 0 Å². The summed E-state index contributed by atoms with van der Waals surface area (Å²) in [6.45, 7) is 3.73. The molecule has 0 fully saturated rings. The van der Waals surface area contributed by atoms with Crippen LogP contribution in [0.5, 0.6) is 0 Å². The summed E-state index contributed by atoms with van der Waals surface area (Å²) >= 11 is 0. The van der Waals surface area contributed by atoms with Crippen molar-refractivity contribution in [2.45, 2.75) is 20.3 Å². The summed E-state index contributed by atoms with van der Waals surface area (Å²) in [4.78, 5) is 12.0. The van der Waals surface area contributed by atoms with E-state index in [9.17, 15) is 4.79 Å². The van der Waals surface area contributed by atoms with E-state index < -0.39 is 0 Å². The van der Waals surface area contributed by atoms with Crippen LogP contribution in [0.3, 0.4) is 0 Å². The van der Waals surface area contributed by atoms with Crippen molar-refractivity contribution in [1.82, 2.24) is 0 Å². The molecule has 0 aromatic heterocycles. The second-order valence-electron chi connectivity index (χ2n) is 4.97. The number of carbonyl (C=O) groups excluding carboxylic acids is 1. The van der Waals surface area contributed by atoms with E-state index >= 15 is 0 Å². The van der Waals surface area contributed by atoms with Crippen LogP contribution in [-0.2, 0) is 11.2 Å². The highest BCUT2D eigenvalue weighted by Gasteiger charge is 2.05. The van der Waals surface area contributed by atoms with Crippen molar-refractivity contribution in [3.63, 3.8) is 0 Å². The lowest BCUT2D eigenvalue weighted by Crippen LogP contribution is -2.14. The minimum Gasteiger partial charge on any atom is -0.411 e. The maximum absolute atomic E-state index is 12.0. The highest BCUT2D eigenvalue weighted by atomic mass is 16.4. The predicted octanol–water partition coefficient (Wildman–Crippen LogP) is 3.37. The molecule has 0 aliphatic heterocycles. The molecule has 2 rings (SSSR count). The topological polar surface area (TPSA) is 61.7 Å². The molecule has 0 aliphatic carbocycles. The van der Waals surface area contributed by atoms with Gasteiger partial charge in [-0.05, 0) is 37.1 Å². The first-order valence-corrected chi connectivity index (χ1v) is 6.73. The summed E-state index contributed by atoms with van der Waals surface area (Å²) < 4.78 is 0. The summed E-state index contributed by atoms with van der Waals surface area (Å²) in [7, 11) is 0. The average molecular weight is 282 g/mol. The summed E-state index contributed by atoms with van der Waals surface area (Å²) in [5.74, 6) is -0.0563. The van der Waals surface area contributed by atoms with Gasteiger partial charge in [0.15, 0.2) is 0 Å². The average Bonchev–Trinajstić information content (AvgIpc) is 2.49. The minimum atomic E-state index is -0.0563. The SMILES string of the molecule is C/C(=N\O)c1ccc(NC(=O)Cc2ccc(C)cc2)cc1. The Morgan fingerprint density at radius 1 is 1.10 bits per heavy atom. The smallest absolute Gasteiger partial charge is 0.228 e. The number of hydrogen-bond donors (Lipinski definition) is 2. The molecular formula is C17H18N2O2. The normalized spacial score (nSPS) is 11.2. The Morgan fingerprint density at radius 3 is 2.29 bits per heavy atom. The Morgan fingerprint density at radius 2 is 1.71 bits per heavy atom. The molecule has 2 aromatic rings. The summed E-state index contributed by atoms with van der Waals surface area (Å²) in [5, 5.41) is 14.7. The van der Waals surface area contributed by atoms with Crippen LogP contribution in [0, 0.1) is 6.92 Å². The van der Waals surface area contributed by atoms with Crippen molar-refractivity contribution in [2.24, 2.45) is 5.16 Å². The molecule has 21 heavy (non-hydrogen) atoms. The van der Waals surface area contributed by atoms with Crippen molar-refractivity contribution in [2.75, 3.05) is 5.32 Å². The lowest BCUT2D eigenvalue weighted by molar-refractivity contribution is -0.115. The summed E-state index contributed by atoms with van der Waals surface area (Å²) in [5.41, 5.74) is 4.23. The number of hydrogen-bond acceptors (Lipinski definition) is 3. The molecule has 0 saturated carbocycles. The van der Waals surface area contributed by atoms with Gasteiger partial charge in [-0.1, -0.05) is 47.1 Å². The fraction of sp³-hybridized carbons (Fsp3) is 0.176. The van der Waals surface area contributed by atoms with E-state index in [1.807, 2.05) is 31.2 Å². The quantitative estimate of drug-likeness (QED) is 0.513. The zero-order chi connectivity index (χ0) is 15.2. The standard InChI is InChI=1S/C17H18N2O2/c1-12-3-5-14(6-4-12)11-17(20)18-16-9-7-15(8-10-16)13(2)19-21/h3-10,21H,11H2,1-2H3,(H,18,20)/b19-13+. The third-order valence-electron chi connectivity index (χ3n) is 3.22. The number of nitrogens with zero attached hydrogens (tertiary/aromatic N) is 1. The van der Waals surface area contributed by atoms with Gasteiger partial charge in [0.2, 0.25) is 5.91 Å². The van der Waals surface area contributed by atoms with Crippen molar-refractivity contribution in [3.8, 4) is 0 Å². The molecule has 0 heterocycles. The summed E-state index contributed by atoms with van der Waals surface area (Å²) in [6.07, 6.45) is 0.346. The maximum atomic E-state index is 12.0. The fourth-order valence-corrected chi connectivity index (χ4v) is 1.95. The van der Waals surface area contributed by atoms with Crippen LogP contribution in [0.1, 0.15) is 23.6 Å². The van der Waals surface area contributed by atoms with E-state index in [4.69, 9.17) is 5.21 Å². The van der Waals surface area contributed by atoms with E-state index in [2.05, 4.69) is 10.5 Å². The molecule has 0 aliphatic rings.